The Balaban J connectivity index is 2.58. The number of nitrogen functional groups attached to an aromatic ring is 1. The van der Waals surface area contributed by atoms with Gasteiger partial charge in [0, 0.05) is 18.7 Å². The molecule has 90 valence electrons. The molecule has 0 spiro atoms. The van der Waals surface area contributed by atoms with Crippen LogP contribution < -0.4 is 15.2 Å². The van der Waals surface area contributed by atoms with Crippen molar-refractivity contribution in [2.24, 2.45) is 7.05 Å². The quantitative estimate of drug-likeness (QED) is 0.876. The summed E-state index contributed by atoms with van der Waals surface area (Å²) in [6, 6.07) is 5.61. The Kier molecular flexibility index (Phi) is 2.91. The van der Waals surface area contributed by atoms with Crippen molar-refractivity contribution in [3.8, 4) is 22.8 Å². The van der Waals surface area contributed by atoms with Crippen LogP contribution in [0.3, 0.4) is 0 Å². The molecule has 1 aromatic carbocycles. The number of aryl methyl sites for hydroxylation is 1. The smallest absolute Gasteiger partial charge is 0.123 e. The van der Waals surface area contributed by atoms with Gasteiger partial charge in [0.15, 0.2) is 0 Å². The molecule has 2 N–H and O–H groups in total. The third kappa shape index (κ3) is 2.04. The van der Waals surface area contributed by atoms with Crippen LogP contribution in [0.4, 0.5) is 5.69 Å². The molecule has 1 heterocycles. The molecule has 0 atom stereocenters. The van der Waals surface area contributed by atoms with E-state index in [2.05, 4.69) is 5.10 Å². The highest BCUT2D eigenvalue weighted by atomic mass is 16.5. The predicted molar refractivity (Wildman–Crippen MR) is 66.2 cm³/mol. The normalized spacial score (nSPS) is 10.3. The highest BCUT2D eigenvalue weighted by Crippen LogP contribution is 2.32. The molecule has 0 saturated carbocycles. The van der Waals surface area contributed by atoms with E-state index in [4.69, 9.17) is 15.2 Å². The first kappa shape index (κ1) is 11.3. The van der Waals surface area contributed by atoms with Crippen molar-refractivity contribution in [3.05, 3.63) is 24.4 Å². The zero-order chi connectivity index (χ0) is 12.4. The first-order valence-corrected chi connectivity index (χ1v) is 5.16. The van der Waals surface area contributed by atoms with E-state index < -0.39 is 0 Å². The van der Waals surface area contributed by atoms with Crippen molar-refractivity contribution >= 4 is 5.69 Å². The molecule has 0 fully saturated rings. The summed E-state index contributed by atoms with van der Waals surface area (Å²) in [5.41, 5.74) is 8.28. The maximum absolute atomic E-state index is 5.89. The average molecular weight is 233 g/mol. The Hall–Kier alpha value is -2.17. The molecule has 0 amide bonds. The van der Waals surface area contributed by atoms with Crippen LogP contribution in [0.15, 0.2) is 24.4 Å². The van der Waals surface area contributed by atoms with Gasteiger partial charge in [-0.05, 0) is 12.1 Å². The van der Waals surface area contributed by atoms with E-state index >= 15 is 0 Å². The molecule has 5 heteroatoms. The van der Waals surface area contributed by atoms with Gasteiger partial charge in [0.05, 0.1) is 31.8 Å². The van der Waals surface area contributed by atoms with Gasteiger partial charge in [-0.2, -0.15) is 5.10 Å². The number of methoxy groups -OCH3 is 2. The van der Waals surface area contributed by atoms with E-state index in [1.807, 2.05) is 25.2 Å². The summed E-state index contributed by atoms with van der Waals surface area (Å²) in [6.07, 6.45) is 1.63. The Bertz CT molecular complexity index is 493. The maximum Gasteiger partial charge on any atom is 0.123 e. The largest absolute Gasteiger partial charge is 0.497 e. The zero-order valence-electron chi connectivity index (χ0n) is 10.1. The van der Waals surface area contributed by atoms with Crippen molar-refractivity contribution in [2.45, 2.75) is 0 Å². The Morgan fingerprint density at radius 2 is 1.71 bits per heavy atom. The lowest BCUT2D eigenvalue weighted by Crippen LogP contribution is -1.97. The molecule has 0 unspecified atom stereocenters. The monoisotopic (exact) mass is 233 g/mol. The topological polar surface area (TPSA) is 62.3 Å². The molecule has 1 aromatic heterocycles. The Morgan fingerprint density at radius 1 is 1.12 bits per heavy atom. The highest BCUT2D eigenvalue weighted by molar-refractivity contribution is 5.74. The summed E-state index contributed by atoms with van der Waals surface area (Å²) in [6.45, 7) is 0. The fourth-order valence-corrected chi connectivity index (χ4v) is 1.75. The molecule has 0 aliphatic heterocycles. The standard InChI is InChI=1S/C12H15N3O2/c1-15-12(11(13)7-14-15)8-4-9(16-2)6-10(5-8)17-3/h4-7H,13H2,1-3H3. The minimum Gasteiger partial charge on any atom is -0.497 e. The fourth-order valence-electron chi connectivity index (χ4n) is 1.75. The number of rotatable bonds is 3. The number of nitrogens with two attached hydrogens (primary N) is 1. The van der Waals surface area contributed by atoms with Crippen molar-refractivity contribution in [1.82, 2.24) is 9.78 Å². The summed E-state index contributed by atoms with van der Waals surface area (Å²) in [4.78, 5) is 0. The van der Waals surface area contributed by atoms with E-state index in [0.717, 1.165) is 22.8 Å². The number of benzene rings is 1. The van der Waals surface area contributed by atoms with Gasteiger partial charge < -0.3 is 15.2 Å². The summed E-state index contributed by atoms with van der Waals surface area (Å²) in [7, 11) is 5.08. The summed E-state index contributed by atoms with van der Waals surface area (Å²) in [5, 5.41) is 4.11. The summed E-state index contributed by atoms with van der Waals surface area (Å²) >= 11 is 0. The zero-order valence-corrected chi connectivity index (χ0v) is 10.1. The molecule has 0 aliphatic rings. The number of nitrogens with zero attached hydrogens (tertiary/aromatic N) is 2. The number of aromatic nitrogens is 2. The molecule has 2 rings (SSSR count). The lowest BCUT2D eigenvalue weighted by atomic mass is 10.1. The molecule has 0 saturated heterocycles. The Labute approximate surface area is 99.8 Å². The van der Waals surface area contributed by atoms with Gasteiger partial charge in [-0.3, -0.25) is 4.68 Å². The molecular weight excluding hydrogens is 218 g/mol. The van der Waals surface area contributed by atoms with Crippen LogP contribution in [0.5, 0.6) is 11.5 Å². The SMILES string of the molecule is COc1cc(OC)cc(-c2c(N)cnn2C)c1. The van der Waals surface area contributed by atoms with Crippen LogP contribution in [0.2, 0.25) is 0 Å². The predicted octanol–water partition coefficient (Wildman–Crippen LogP) is 1.69. The van der Waals surface area contributed by atoms with Gasteiger partial charge in [0.1, 0.15) is 11.5 Å². The summed E-state index contributed by atoms with van der Waals surface area (Å²) in [5.74, 6) is 1.44. The lowest BCUT2D eigenvalue weighted by molar-refractivity contribution is 0.394. The molecule has 0 radical (unpaired) electrons. The van der Waals surface area contributed by atoms with Crippen molar-refractivity contribution < 1.29 is 9.47 Å². The minimum atomic E-state index is 0.628. The van der Waals surface area contributed by atoms with Crippen LogP contribution in [0.25, 0.3) is 11.3 Å². The van der Waals surface area contributed by atoms with Crippen LogP contribution >= 0.6 is 0 Å². The third-order valence-corrected chi connectivity index (χ3v) is 2.59. The minimum absolute atomic E-state index is 0.628. The van der Waals surface area contributed by atoms with E-state index in [9.17, 15) is 0 Å². The summed E-state index contributed by atoms with van der Waals surface area (Å²) < 4.78 is 12.2. The molecular formula is C12H15N3O2. The van der Waals surface area contributed by atoms with Gasteiger partial charge in [-0.15, -0.1) is 0 Å². The van der Waals surface area contributed by atoms with Gasteiger partial charge in [0.2, 0.25) is 0 Å². The highest BCUT2D eigenvalue weighted by Gasteiger charge is 2.11. The molecule has 5 nitrogen and oxygen atoms in total. The number of ether oxygens (including phenoxy) is 2. The number of hydrogen-bond donors (Lipinski definition) is 1. The molecule has 2 aromatic rings. The van der Waals surface area contributed by atoms with Crippen molar-refractivity contribution in [1.29, 1.82) is 0 Å². The van der Waals surface area contributed by atoms with Gasteiger partial charge in [0.25, 0.3) is 0 Å². The van der Waals surface area contributed by atoms with Crippen molar-refractivity contribution in [3.63, 3.8) is 0 Å². The van der Waals surface area contributed by atoms with E-state index in [-0.39, 0.29) is 0 Å². The lowest BCUT2D eigenvalue weighted by Gasteiger charge is -2.09. The average Bonchev–Trinajstić information content (AvgIpc) is 2.68. The van der Waals surface area contributed by atoms with Crippen LogP contribution in [0.1, 0.15) is 0 Å². The van der Waals surface area contributed by atoms with Gasteiger partial charge >= 0.3 is 0 Å². The second-order valence-electron chi connectivity index (χ2n) is 3.67. The van der Waals surface area contributed by atoms with E-state index in [0.29, 0.717) is 5.69 Å². The molecule has 17 heavy (non-hydrogen) atoms. The first-order chi connectivity index (χ1) is 8.15. The van der Waals surface area contributed by atoms with Crippen LogP contribution in [0, 0.1) is 0 Å². The maximum atomic E-state index is 5.89. The third-order valence-electron chi connectivity index (χ3n) is 2.59. The van der Waals surface area contributed by atoms with Crippen LogP contribution in [-0.2, 0) is 7.05 Å². The first-order valence-electron chi connectivity index (χ1n) is 5.16. The van der Waals surface area contributed by atoms with Crippen molar-refractivity contribution in [2.75, 3.05) is 20.0 Å². The van der Waals surface area contributed by atoms with E-state index in [1.165, 1.54) is 0 Å². The Morgan fingerprint density at radius 3 is 2.12 bits per heavy atom. The number of anilines is 1. The molecule has 0 aliphatic carbocycles. The molecule has 0 bridgehead atoms. The van der Waals surface area contributed by atoms with Gasteiger partial charge in [-0.1, -0.05) is 0 Å². The van der Waals surface area contributed by atoms with Gasteiger partial charge in [-0.25, -0.2) is 0 Å². The fraction of sp³-hybridized carbons (Fsp3) is 0.250. The second-order valence-corrected chi connectivity index (χ2v) is 3.67. The number of hydrogen-bond acceptors (Lipinski definition) is 4. The van der Waals surface area contributed by atoms with E-state index in [1.54, 1.807) is 25.1 Å². The van der Waals surface area contributed by atoms with Crippen LogP contribution in [-0.4, -0.2) is 24.0 Å². The second kappa shape index (κ2) is 4.37.